The fraction of sp³-hybridized carbons (Fsp3) is 0.625. The molecule has 1 saturated carbocycles. The van der Waals surface area contributed by atoms with Crippen molar-refractivity contribution < 1.29 is 9.50 Å². The minimum atomic E-state index is -0.401. The van der Waals surface area contributed by atoms with Gasteiger partial charge in [0.05, 0.1) is 4.47 Å². The van der Waals surface area contributed by atoms with Crippen LogP contribution in [0.15, 0.2) is 16.6 Å². The van der Waals surface area contributed by atoms with E-state index in [2.05, 4.69) is 26.1 Å². The fourth-order valence-corrected chi connectivity index (χ4v) is 4.14. The Morgan fingerprint density at radius 3 is 2.39 bits per heavy atom. The molecular weight excluding hydrogens is 406 g/mol. The van der Waals surface area contributed by atoms with Crippen molar-refractivity contribution in [3.63, 3.8) is 0 Å². The molecular formula is C16H24BrCl2FN2O. The molecule has 0 unspecified atom stereocenters. The molecule has 0 radical (unpaired) electrons. The SMILES string of the molecule is Cl.Cl.Oc1c([C@@H](C2CCCC2)N2CCNCC2)ccc(F)c1Br. The van der Waals surface area contributed by atoms with Crippen LogP contribution < -0.4 is 5.32 Å². The summed E-state index contributed by atoms with van der Waals surface area (Å²) in [4.78, 5) is 2.45. The third-order valence-corrected chi connectivity index (χ3v) is 5.56. The third-order valence-electron chi connectivity index (χ3n) is 4.81. The van der Waals surface area contributed by atoms with Crippen molar-refractivity contribution in [2.24, 2.45) is 5.92 Å². The summed E-state index contributed by atoms with van der Waals surface area (Å²) in [6.07, 6.45) is 4.92. The number of benzene rings is 1. The van der Waals surface area contributed by atoms with Gasteiger partial charge in [-0.05, 0) is 40.8 Å². The Morgan fingerprint density at radius 2 is 1.78 bits per heavy atom. The van der Waals surface area contributed by atoms with Crippen LogP contribution in [0, 0.1) is 11.7 Å². The summed E-state index contributed by atoms with van der Waals surface area (Å²) in [5, 5.41) is 13.8. The number of hydrogen-bond acceptors (Lipinski definition) is 3. The zero-order valence-electron chi connectivity index (χ0n) is 12.9. The van der Waals surface area contributed by atoms with E-state index in [1.807, 2.05) is 0 Å². The number of phenols is 1. The molecule has 2 aliphatic rings. The molecule has 3 nitrogen and oxygen atoms in total. The highest BCUT2D eigenvalue weighted by molar-refractivity contribution is 9.10. The van der Waals surface area contributed by atoms with Gasteiger partial charge in [-0.1, -0.05) is 18.9 Å². The molecule has 0 amide bonds. The molecule has 1 saturated heterocycles. The van der Waals surface area contributed by atoms with Crippen molar-refractivity contribution in [1.82, 2.24) is 10.2 Å². The lowest BCUT2D eigenvalue weighted by atomic mass is 9.89. The maximum Gasteiger partial charge on any atom is 0.141 e. The highest BCUT2D eigenvalue weighted by Gasteiger charge is 2.34. The summed E-state index contributed by atoms with van der Waals surface area (Å²) in [6, 6.07) is 3.43. The summed E-state index contributed by atoms with van der Waals surface area (Å²) in [6.45, 7) is 3.92. The molecule has 1 aliphatic carbocycles. The van der Waals surface area contributed by atoms with Gasteiger partial charge in [-0.25, -0.2) is 4.39 Å². The predicted octanol–water partition coefficient (Wildman–Crippen LogP) is 4.27. The number of halogens is 4. The first kappa shape index (κ1) is 21.0. The molecule has 2 N–H and O–H groups in total. The Bertz CT molecular complexity index is 509. The highest BCUT2D eigenvalue weighted by Crippen LogP contribution is 2.44. The van der Waals surface area contributed by atoms with E-state index in [1.54, 1.807) is 6.07 Å². The second-order valence-electron chi connectivity index (χ2n) is 6.07. The second kappa shape index (κ2) is 9.42. The normalized spacial score (nSPS) is 20.6. The first-order valence-electron chi connectivity index (χ1n) is 7.80. The second-order valence-corrected chi connectivity index (χ2v) is 6.87. The average Bonchev–Trinajstić information content (AvgIpc) is 3.03. The quantitative estimate of drug-likeness (QED) is 0.752. The van der Waals surface area contributed by atoms with Crippen LogP contribution >= 0.6 is 40.7 Å². The van der Waals surface area contributed by atoms with Crippen molar-refractivity contribution in [2.75, 3.05) is 26.2 Å². The fourth-order valence-electron chi connectivity index (χ4n) is 3.78. The van der Waals surface area contributed by atoms with Gasteiger partial charge in [-0.3, -0.25) is 4.90 Å². The van der Waals surface area contributed by atoms with Crippen molar-refractivity contribution in [2.45, 2.75) is 31.7 Å². The molecule has 7 heteroatoms. The number of rotatable bonds is 3. The molecule has 0 spiro atoms. The molecule has 2 fully saturated rings. The van der Waals surface area contributed by atoms with E-state index in [-0.39, 0.29) is 41.1 Å². The smallest absolute Gasteiger partial charge is 0.141 e. The Kier molecular flexibility index (Phi) is 8.59. The van der Waals surface area contributed by atoms with Crippen LogP contribution in [0.1, 0.15) is 37.3 Å². The number of hydrogen-bond donors (Lipinski definition) is 2. The maximum absolute atomic E-state index is 13.6. The molecule has 0 aromatic heterocycles. The van der Waals surface area contributed by atoms with Crippen LogP contribution in [0.2, 0.25) is 0 Å². The molecule has 132 valence electrons. The van der Waals surface area contributed by atoms with Crippen molar-refractivity contribution >= 4 is 40.7 Å². The minimum absolute atomic E-state index is 0. The summed E-state index contributed by atoms with van der Waals surface area (Å²) < 4.78 is 13.8. The number of piperazine rings is 1. The zero-order chi connectivity index (χ0) is 14.8. The summed E-state index contributed by atoms with van der Waals surface area (Å²) in [5.41, 5.74) is 0.872. The maximum atomic E-state index is 13.6. The number of nitrogens with one attached hydrogen (secondary N) is 1. The van der Waals surface area contributed by atoms with E-state index in [4.69, 9.17) is 0 Å². The first-order chi connectivity index (χ1) is 10.2. The molecule has 3 rings (SSSR count). The molecule has 1 aliphatic heterocycles. The van der Waals surface area contributed by atoms with Crippen molar-refractivity contribution in [3.8, 4) is 5.75 Å². The third kappa shape index (κ3) is 4.51. The highest BCUT2D eigenvalue weighted by atomic mass is 79.9. The Labute approximate surface area is 158 Å². The topological polar surface area (TPSA) is 35.5 Å². The van der Waals surface area contributed by atoms with Gasteiger partial charge in [0.15, 0.2) is 0 Å². The van der Waals surface area contributed by atoms with Crippen molar-refractivity contribution in [3.05, 3.63) is 28.0 Å². The van der Waals surface area contributed by atoms with Gasteiger partial charge in [0, 0.05) is 37.8 Å². The van der Waals surface area contributed by atoms with Crippen LogP contribution in [-0.2, 0) is 0 Å². The van der Waals surface area contributed by atoms with Crippen LogP contribution in [-0.4, -0.2) is 36.2 Å². The molecule has 0 bridgehead atoms. The Morgan fingerprint density at radius 1 is 1.17 bits per heavy atom. The number of nitrogens with zero attached hydrogens (tertiary/aromatic N) is 1. The van der Waals surface area contributed by atoms with Crippen LogP contribution in [0.25, 0.3) is 0 Å². The molecule has 1 aromatic carbocycles. The number of aromatic hydroxyl groups is 1. The molecule has 23 heavy (non-hydrogen) atoms. The van der Waals surface area contributed by atoms with Gasteiger partial charge in [0.1, 0.15) is 11.6 Å². The van der Waals surface area contributed by atoms with E-state index in [9.17, 15) is 9.50 Å². The van der Waals surface area contributed by atoms with Crippen LogP contribution in [0.3, 0.4) is 0 Å². The number of phenolic OH excluding ortho intramolecular Hbond substituents is 1. The predicted molar refractivity (Wildman–Crippen MR) is 99.4 cm³/mol. The molecule has 1 atom stereocenters. The van der Waals surface area contributed by atoms with Crippen LogP contribution in [0.4, 0.5) is 4.39 Å². The van der Waals surface area contributed by atoms with Gasteiger partial charge in [0.25, 0.3) is 0 Å². The van der Waals surface area contributed by atoms with Gasteiger partial charge < -0.3 is 10.4 Å². The van der Waals surface area contributed by atoms with E-state index < -0.39 is 5.82 Å². The standard InChI is InChI=1S/C16H22BrFN2O.2ClH/c17-14-13(18)6-5-12(16(14)21)15(11-3-1-2-4-11)20-9-7-19-8-10-20;;/h5-6,11,15,19,21H,1-4,7-10H2;2*1H/t15-;;/m1../s1. The van der Waals surface area contributed by atoms with Crippen LogP contribution in [0.5, 0.6) is 5.75 Å². The van der Waals surface area contributed by atoms with Gasteiger partial charge in [0.2, 0.25) is 0 Å². The monoisotopic (exact) mass is 428 g/mol. The van der Waals surface area contributed by atoms with Gasteiger partial charge in [-0.15, -0.1) is 24.8 Å². The lowest BCUT2D eigenvalue weighted by Gasteiger charge is -2.39. The van der Waals surface area contributed by atoms with Gasteiger partial charge in [-0.2, -0.15) is 0 Å². The van der Waals surface area contributed by atoms with E-state index in [0.29, 0.717) is 5.92 Å². The van der Waals surface area contributed by atoms with E-state index in [1.165, 1.54) is 31.7 Å². The molecule has 1 aromatic rings. The van der Waals surface area contributed by atoms with E-state index >= 15 is 0 Å². The molecule has 1 heterocycles. The minimum Gasteiger partial charge on any atom is -0.506 e. The lowest BCUT2D eigenvalue weighted by Crippen LogP contribution is -2.46. The largest absolute Gasteiger partial charge is 0.506 e. The van der Waals surface area contributed by atoms with E-state index in [0.717, 1.165) is 31.7 Å². The van der Waals surface area contributed by atoms with Gasteiger partial charge >= 0.3 is 0 Å². The Hall–Kier alpha value is -0.0700. The zero-order valence-corrected chi connectivity index (χ0v) is 16.2. The Balaban J connectivity index is 0.00000132. The average molecular weight is 430 g/mol. The summed E-state index contributed by atoms with van der Waals surface area (Å²) in [7, 11) is 0. The summed E-state index contributed by atoms with van der Waals surface area (Å²) >= 11 is 3.18. The first-order valence-corrected chi connectivity index (χ1v) is 8.59. The lowest BCUT2D eigenvalue weighted by molar-refractivity contribution is 0.123. The van der Waals surface area contributed by atoms with Crippen molar-refractivity contribution in [1.29, 1.82) is 0 Å². The summed E-state index contributed by atoms with van der Waals surface area (Å²) in [5.74, 6) is 0.235.